The molecule has 9 heteroatoms. The van der Waals surface area contributed by atoms with Gasteiger partial charge in [-0.25, -0.2) is 13.2 Å². The number of nitrogens with one attached hydrogen (secondary N) is 2. The van der Waals surface area contributed by atoms with Crippen molar-refractivity contribution in [2.45, 2.75) is 37.0 Å². The monoisotopic (exact) mass is 350 g/mol. The molecule has 23 heavy (non-hydrogen) atoms. The quantitative estimate of drug-likeness (QED) is 0.702. The molecule has 2 unspecified atom stereocenters. The van der Waals surface area contributed by atoms with Gasteiger partial charge in [0.15, 0.2) is 0 Å². The fourth-order valence-electron chi connectivity index (χ4n) is 1.96. The first-order valence-electron chi connectivity index (χ1n) is 6.98. The molecule has 0 saturated carbocycles. The SMILES string of the molecule is CC(O)CC(C)CNC(=O)Nc1cccc(S(=O)(=O)C(F)F)c1. The Balaban J connectivity index is 2.66. The van der Waals surface area contributed by atoms with Gasteiger partial charge in [0.25, 0.3) is 0 Å². The van der Waals surface area contributed by atoms with E-state index in [1.807, 2.05) is 6.92 Å². The maximum Gasteiger partial charge on any atom is 0.341 e. The smallest absolute Gasteiger partial charge is 0.341 e. The van der Waals surface area contributed by atoms with Crippen molar-refractivity contribution in [2.24, 2.45) is 5.92 Å². The van der Waals surface area contributed by atoms with Crippen molar-refractivity contribution >= 4 is 21.6 Å². The molecule has 0 bridgehead atoms. The number of urea groups is 1. The van der Waals surface area contributed by atoms with Crippen molar-refractivity contribution in [1.29, 1.82) is 0 Å². The Hall–Kier alpha value is -1.74. The van der Waals surface area contributed by atoms with Gasteiger partial charge in [0.1, 0.15) is 0 Å². The summed E-state index contributed by atoms with van der Waals surface area (Å²) < 4.78 is 47.8. The standard InChI is InChI=1S/C14H20F2N2O4S/c1-9(6-10(2)19)8-17-14(20)18-11-4-3-5-12(7-11)23(21,22)13(15)16/h3-5,7,9-10,13,19H,6,8H2,1-2H3,(H2,17,18,20). The molecule has 130 valence electrons. The van der Waals surface area contributed by atoms with Gasteiger partial charge in [-0.3, -0.25) is 0 Å². The molecule has 0 spiro atoms. The minimum absolute atomic E-state index is 0.0475. The van der Waals surface area contributed by atoms with Gasteiger partial charge >= 0.3 is 11.8 Å². The van der Waals surface area contributed by atoms with Crippen LogP contribution in [0, 0.1) is 5.92 Å². The van der Waals surface area contributed by atoms with Crippen LogP contribution in [0.2, 0.25) is 0 Å². The van der Waals surface area contributed by atoms with E-state index in [2.05, 4.69) is 10.6 Å². The van der Waals surface area contributed by atoms with E-state index >= 15 is 0 Å². The second kappa shape index (κ2) is 8.21. The van der Waals surface area contributed by atoms with Crippen LogP contribution in [0.1, 0.15) is 20.3 Å². The fraction of sp³-hybridized carbons (Fsp3) is 0.500. The number of carbonyl (C=O) groups excluding carboxylic acids is 1. The lowest BCUT2D eigenvalue weighted by Crippen LogP contribution is -2.33. The third-order valence-electron chi connectivity index (χ3n) is 3.01. The van der Waals surface area contributed by atoms with Crippen molar-refractivity contribution in [2.75, 3.05) is 11.9 Å². The van der Waals surface area contributed by atoms with E-state index < -0.39 is 32.6 Å². The van der Waals surface area contributed by atoms with Crippen LogP contribution in [0.5, 0.6) is 0 Å². The van der Waals surface area contributed by atoms with E-state index in [1.54, 1.807) is 6.92 Å². The van der Waals surface area contributed by atoms with Crippen molar-refractivity contribution < 1.29 is 27.1 Å². The predicted octanol–water partition coefficient (Wildman–Crippen LogP) is 2.21. The molecule has 0 heterocycles. The number of aliphatic hydroxyl groups excluding tert-OH is 1. The molecule has 0 aliphatic carbocycles. The van der Waals surface area contributed by atoms with E-state index in [1.165, 1.54) is 12.1 Å². The second-order valence-electron chi connectivity index (χ2n) is 5.36. The van der Waals surface area contributed by atoms with Crippen LogP contribution in [0.4, 0.5) is 19.3 Å². The summed E-state index contributed by atoms with van der Waals surface area (Å²) in [4.78, 5) is 11.2. The first-order chi connectivity index (χ1) is 10.6. The summed E-state index contributed by atoms with van der Waals surface area (Å²) in [5.41, 5.74) is 0.0902. The van der Waals surface area contributed by atoms with Gasteiger partial charge in [-0.2, -0.15) is 8.78 Å². The number of anilines is 1. The van der Waals surface area contributed by atoms with Gasteiger partial charge in [-0.05, 0) is 37.5 Å². The molecule has 6 nitrogen and oxygen atoms in total. The number of aliphatic hydroxyl groups is 1. The lowest BCUT2D eigenvalue weighted by molar-refractivity contribution is 0.163. The molecular formula is C14H20F2N2O4S. The molecule has 0 radical (unpaired) electrons. The summed E-state index contributed by atoms with van der Waals surface area (Å²) in [5, 5.41) is 14.2. The van der Waals surface area contributed by atoms with Gasteiger partial charge in [0.05, 0.1) is 11.0 Å². The molecule has 1 aromatic carbocycles. The first kappa shape index (κ1) is 19.3. The highest BCUT2D eigenvalue weighted by atomic mass is 32.2. The van der Waals surface area contributed by atoms with E-state index in [-0.39, 0.29) is 11.6 Å². The molecule has 0 aromatic heterocycles. The Kier molecular flexibility index (Phi) is 6.89. The topological polar surface area (TPSA) is 95.5 Å². The number of rotatable bonds is 7. The zero-order valence-corrected chi connectivity index (χ0v) is 13.6. The van der Waals surface area contributed by atoms with Crippen molar-refractivity contribution in [1.82, 2.24) is 5.32 Å². The Morgan fingerprint density at radius 2 is 1.96 bits per heavy atom. The summed E-state index contributed by atoms with van der Waals surface area (Å²) in [6.45, 7) is 3.81. The predicted molar refractivity (Wildman–Crippen MR) is 82.1 cm³/mol. The van der Waals surface area contributed by atoms with Crippen molar-refractivity contribution in [3.63, 3.8) is 0 Å². The Morgan fingerprint density at radius 1 is 1.30 bits per heavy atom. The molecule has 0 aliphatic rings. The third kappa shape index (κ3) is 6.11. The maximum absolute atomic E-state index is 12.5. The number of alkyl halides is 2. The number of benzene rings is 1. The summed E-state index contributed by atoms with van der Waals surface area (Å²) in [6.07, 6.45) is 0.0358. The largest absolute Gasteiger partial charge is 0.393 e. The van der Waals surface area contributed by atoms with Crippen LogP contribution >= 0.6 is 0 Å². The molecule has 0 saturated heterocycles. The number of amides is 2. The third-order valence-corrected chi connectivity index (χ3v) is 4.39. The minimum atomic E-state index is -4.71. The Morgan fingerprint density at radius 3 is 2.52 bits per heavy atom. The second-order valence-corrected chi connectivity index (χ2v) is 7.28. The van der Waals surface area contributed by atoms with E-state index in [4.69, 9.17) is 0 Å². The van der Waals surface area contributed by atoms with Gasteiger partial charge < -0.3 is 15.7 Å². The zero-order chi connectivity index (χ0) is 17.6. The highest BCUT2D eigenvalue weighted by Crippen LogP contribution is 2.21. The Bertz CT molecular complexity index is 635. The molecule has 2 atom stereocenters. The minimum Gasteiger partial charge on any atom is -0.393 e. The highest BCUT2D eigenvalue weighted by Gasteiger charge is 2.26. The molecule has 1 rings (SSSR count). The number of carbonyl (C=O) groups is 1. The van der Waals surface area contributed by atoms with Crippen molar-refractivity contribution in [3.05, 3.63) is 24.3 Å². The zero-order valence-electron chi connectivity index (χ0n) is 12.8. The molecule has 2 amide bonds. The molecular weight excluding hydrogens is 330 g/mol. The van der Waals surface area contributed by atoms with Crippen LogP contribution in [0.15, 0.2) is 29.2 Å². The van der Waals surface area contributed by atoms with Crippen LogP contribution in [-0.4, -0.2) is 38.0 Å². The Labute approximate surface area is 133 Å². The summed E-state index contributed by atoms with van der Waals surface area (Å²) >= 11 is 0. The summed E-state index contributed by atoms with van der Waals surface area (Å²) in [7, 11) is -4.71. The number of hydrogen-bond acceptors (Lipinski definition) is 4. The van der Waals surface area contributed by atoms with E-state index in [0.29, 0.717) is 13.0 Å². The van der Waals surface area contributed by atoms with E-state index in [9.17, 15) is 27.1 Å². The van der Waals surface area contributed by atoms with Gasteiger partial charge in [-0.15, -0.1) is 0 Å². The number of sulfone groups is 1. The van der Waals surface area contributed by atoms with Crippen LogP contribution in [0.25, 0.3) is 0 Å². The highest BCUT2D eigenvalue weighted by molar-refractivity contribution is 7.91. The average molecular weight is 350 g/mol. The average Bonchev–Trinajstić information content (AvgIpc) is 2.44. The molecule has 3 N–H and O–H groups in total. The number of halogens is 2. The normalized spacial score (nSPS) is 14.3. The lowest BCUT2D eigenvalue weighted by atomic mass is 10.1. The van der Waals surface area contributed by atoms with E-state index in [0.717, 1.165) is 12.1 Å². The summed E-state index contributed by atoms with van der Waals surface area (Å²) in [6, 6.07) is 4.08. The van der Waals surface area contributed by atoms with Crippen LogP contribution in [-0.2, 0) is 9.84 Å². The number of hydrogen-bond donors (Lipinski definition) is 3. The lowest BCUT2D eigenvalue weighted by Gasteiger charge is -2.15. The molecule has 1 aromatic rings. The molecule has 0 fully saturated rings. The van der Waals surface area contributed by atoms with Gasteiger partial charge in [0.2, 0.25) is 9.84 Å². The first-order valence-corrected chi connectivity index (χ1v) is 8.52. The fourth-order valence-corrected chi connectivity index (χ4v) is 2.73. The van der Waals surface area contributed by atoms with Crippen molar-refractivity contribution in [3.8, 4) is 0 Å². The van der Waals surface area contributed by atoms with Crippen LogP contribution < -0.4 is 10.6 Å². The van der Waals surface area contributed by atoms with Crippen LogP contribution in [0.3, 0.4) is 0 Å². The molecule has 0 aliphatic heterocycles. The summed E-state index contributed by atoms with van der Waals surface area (Å²) in [5.74, 6) is -3.47. The van der Waals surface area contributed by atoms with Gasteiger partial charge in [0, 0.05) is 12.2 Å². The van der Waals surface area contributed by atoms with Gasteiger partial charge in [-0.1, -0.05) is 13.0 Å². The maximum atomic E-state index is 12.5.